The Morgan fingerprint density at radius 3 is 3.00 bits per heavy atom. The summed E-state index contributed by atoms with van der Waals surface area (Å²) in [5.41, 5.74) is 0.246. The maximum Gasteiger partial charge on any atom is 0.315 e. The number of aromatic nitrogens is 2. The smallest absolute Gasteiger partial charge is 0.315 e. The first kappa shape index (κ1) is 13.1. The van der Waals surface area contributed by atoms with Gasteiger partial charge in [0.2, 0.25) is 0 Å². The number of aryl methyl sites for hydroxylation is 1. The molecule has 1 N–H and O–H groups in total. The molecule has 7 heteroatoms. The third-order valence-corrected chi connectivity index (χ3v) is 2.02. The Morgan fingerprint density at radius 2 is 2.35 bits per heavy atom. The first-order valence-corrected chi connectivity index (χ1v) is 5.12. The number of unbranched alkanes of at least 4 members (excludes halogenated alkanes) is 2. The Morgan fingerprint density at radius 1 is 1.59 bits per heavy atom. The number of hydrogen-bond donors (Lipinski definition) is 1. The molecule has 1 aromatic rings. The second-order valence-corrected chi connectivity index (χ2v) is 3.40. The van der Waals surface area contributed by atoms with Crippen molar-refractivity contribution in [1.29, 1.82) is 5.26 Å². The molecule has 0 radical (unpaired) electrons. The lowest BCUT2D eigenvalue weighted by Gasteiger charge is -2.00. The zero-order valence-electron chi connectivity index (χ0n) is 9.07. The lowest BCUT2D eigenvalue weighted by molar-refractivity contribution is -0.126. The van der Waals surface area contributed by atoms with Crippen molar-refractivity contribution in [2.45, 2.75) is 32.2 Å². The van der Waals surface area contributed by atoms with Crippen LogP contribution in [0.1, 0.15) is 19.3 Å². The van der Waals surface area contributed by atoms with Crippen LogP contribution < -0.4 is 5.32 Å². The van der Waals surface area contributed by atoms with Gasteiger partial charge in [-0.1, -0.05) is 0 Å². The molecule has 0 spiro atoms. The Balaban J connectivity index is 2.38. The van der Waals surface area contributed by atoms with Crippen molar-refractivity contribution in [1.82, 2.24) is 9.78 Å². The number of carbonyl (C=O) groups excluding carboxylic acids is 1. The number of hydrogen-bond acceptors (Lipinski definition) is 3. The van der Waals surface area contributed by atoms with Crippen molar-refractivity contribution in [3.05, 3.63) is 12.4 Å². The minimum Gasteiger partial charge on any atom is -0.318 e. The molecule has 0 saturated carbocycles. The van der Waals surface area contributed by atoms with Gasteiger partial charge in [-0.2, -0.15) is 19.1 Å². The summed E-state index contributed by atoms with van der Waals surface area (Å²) in [6.45, 7) is 0.590. The third-order valence-electron chi connectivity index (χ3n) is 2.02. The number of nitrogens with zero attached hydrogens (tertiary/aromatic N) is 3. The highest BCUT2D eigenvalue weighted by Gasteiger charge is 2.15. The molecule has 1 rings (SSSR count). The van der Waals surface area contributed by atoms with Crippen LogP contribution in [0.4, 0.5) is 14.5 Å². The molecule has 0 aliphatic rings. The predicted molar refractivity (Wildman–Crippen MR) is 56.3 cm³/mol. The van der Waals surface area contributed by atoms with E-state index in [1.54, 1.807) is 4.68 Å². The minimum atomic E-state index is -3.03. The van der Waals surface area contributed by atoms with Crippen LogP contribution in [-0.4, -0.2) is 22.1 Å². The van der Waals surface area contributed by atoms with Gasteiger partial charge in [0.25, 0.3) is 5.91 Å². The van der Waals surface area contributed by atoms with E-state index >= 15 is 0 Å². The van der Waals surface area contributed by atoms with Crippen LogP contribution in [0.3, 0.4) is 0 Å². The van der Waals surface area contributed by atoms with Crippen LogP contribution >= 0.6 is 0 Å². The third kappa shape index (κ3) is 4.59. The van der Waals surface area contributed by atoms with E-state index in [0.29, 0.717) is 13.0 Å². The summed E-state index contributed by atoms with van der Waals surface area (Å²) in [7, 11) is 0. The summed E-state index contributed by atoms with van der Waals surface area (Å²) in [6.07, 6.45) is 1.77. The van der Waals surface area contributed by atoms with Gasteiger partial charge in [0.15, 0.2) is 0 Å². The van der Waals surface area contributed by atoms with Crippen LogP contribution in [0.25, 0.3) is 0 Å². The van der Waals surface area contributed by atoms with Gasteiger partial charge >= 0.3 is 6.43 Å². The SMILES string of the molecule is N#CCCCCn1cc(NC(=O)C(F)F)cn1. The van der Waals surface area contributed by atoms with Gasteiger partial charge in [-0.3, -0.25) is 9.48 Å². The molecule has 0 aliphatic carbocycles. The Hall–Kier alpha value is -1.97. The maximum absolute atomic E-state index is 11.9. The number of amides is 1. The van der Waals surface area contributed by atoms with Crippen LogP contribution in [0.5, 0.6) is 0 Å². The van der Waals surface area contributed by atoms with E-state index in [1.807, 2.05) is 11.4 Å². The molecule has 0 fully saturated rings. The molecule has 1 amide bonds. The molecule has 0 atom stereocenters. The molecule has 0 unspecified atom stereocenters. The lowest BCUT2D eigenvalue weighted by Crippen LogP contribution is -2.19. The van der Waals surface area contributed by atoms with Crippen molar-refractivity contribution in [3.63, 3.8) is 0 Å². The summed E-state index contributed by atoms with van der Waals surface area (Å²) >= 11 is 0. The Kier molecular flexibility index (Phi) is 5.07. The average molecular weight is 242 g/mol. The first-order valence-electron chi connectivity index (χ1n) is 5.12. The zero-order valence-corrected chi connectivity index (χ0v) is 9.07. The molecule has 17 heavy (non-hydrogen) atoms. The molecular formula is C10H12F2N4O. The van der Waals surface area contributed by atoms with Crippen molar-refractivity contribution in [2.75, 3.05) is 5.32 Å². The second kappa shape index (κ2) is 6.58. The van der Waals surface area contributed by atoms with Gasteiger partial charge in [-0.15, -0.1) is 0 Å². The number of carbonyl (C=O) groups is 1. The Bertz CT molecular complexity index is 411. The summed E-state index contributed by atoms with van der Waals surface area (Å²) < 4.78 is 25.4. The highest BCUT2D eigenvalue weighted by Crippen LogP contribution is 2.08. The highest BCUT2D eigenvalue weighted by molar-refractivity contribution is 5.92. The molecule has 0 bridgehead atoms. The van der Waals surface area contributed by atoms with Crippen molar-refractivity contribution in [2.24, 2.45) is 0 Å². The second-order valence-electron chi connectivity index (χ2n) is 3.40. The van der Waals surface area contributed by atoms with E-state index < -0.39 is 12.3 Å². The Labute approximate surface area is 97.0 Å². The molecule has 5 nitrogen and oxygen atoms in total. The topological polar surface area (TPSA) is 70.7 Å². The van der Waals surface area contributed by atoms with Crippen molar-refractivity contribution < 1.29 is 13.6 Å². The normalized spacial score (nSPS) is 10.2. The van der Waals surface area contributed by atoms with Gasteiger partial charge in [0.1, 0.15) is 0 Å². The molecule has 0 aromatic carbocycles. The fraction of sp³-hybridized carbons (Fsp3) is 0.500. The van der Waals surface area contributed by atoms with E-state index in [1.165, 1.54) is 12.4 Å². The predicted octanol–water partition coefficient (Wildman–Crippen LogP) is 1.78. The number of anilines is 1. The van der Waals surface area contributed by atoms with Crippen LogP contribution in [-0.2, 0) is 11.3 Å². The number of nitrogens with one attached hydrogen (secondary N) is 1. The van der Waals surface area contributed by atoms with Crippen LogP contribution in [0.2, 0.25) is 0 Å². The zero-order chi connectivity index (χ0) is 12.7. The summed E-state index contributed by atoms with van der Waals surface area (Å²) in [6, 6.07) is 2.03. The van der Waals surface area contributed by atoms with E-state index in [0.717, 1.165) is 12.8 Å². The lowest BCUT2D eigenvalue weighted by atomic mass is 10.2. The quantitative estimate of drug-likeness (QED) is 0.773. The minimum absolute atomic E-state index is 0.246. The molecule has 92 valence electrons. The summed E-state index contributed by atoms with van der Waals surface area (Å²) in [4.78, 5) is 10.7. The van der Waals surface area contributed by atoms with Gasteiger partial charge in [-0.25, -0.2) is 0 Å². The summed E-state index contributed by atoms with van der Waals surface area (Å²) in [5.74, 6) is -1.34. The number of rotatable bonds is 6. The fourth-order valence-corrected chi connectivity index (χ4v) is 1.23. The first-order chi connectivity index (χ1) is 8.13. The van der Waals surface area contributed by atoms with Gasteiger partial charge in [0.05, 0.1) is 18.0 Å². The van der Waals surface area contributed by atoms with Gasteiger partial charge < -0.3 is 5.32 Å². The average Bonchev–Trinajstić information content (AvgIpc) is 2.72. The van der Waals surface area contributed by atoms with Crippen LogP contribution in [0, 0.1) is 11.3 Å². The monoisotopic (exact) mass is 242 g/mol. The van der Waals surface area contributed by atoms with Crippen molar-refractivity contribution in [3.8, 4) is 6.07 Å². The summed E-state index contributed by atoms with van der Waals surface area (Å²) in [5, 5.41) is 14.3. The number of nitriles is 1. The standard InChI is InChI=1S/C10H12F2N4O/c11-9(12)10(17)15-8-6-14-16(7-8)5-3-1-2-4-13/h6-7,9H,1-3,5H2,(H,15,17). The largest absolute Gasteiger partial charge is 0.318 e. The number of alkyl halides is 2. The molecule has 1 heterocycles. The highest BCUT2D eigenvalue weighted by atomic mass is 19.3. The fourth-order valence-electron chi connectivity index (χ4n) is 1.23. The molecule has 1 aromatic heterocycles. The molecule has 0 aliphatic heterocycles. The van der Waals surface area contributed by atoms with Crippen LogP contribution in [0.15, 0.2) is 12.4 Å². The van der Waals surface area contributed by atoms with Gasteiger partial charge in [-0.05, 0) is 12.8 Å². The number of halogens is 2. The van der Waals surface area contributed by atoms with E-state index in [9.17, 15) is 13.6 Å². The van der Waals surface area contributed by atoms with Gasteiger partial charge in [0, 0.05) is 19.2 Å². The van der Waals surface area contributed by atoms with E-state index in [2.05, 4.69) is 5.10 Å². The van der Waals surface area contributed by atoms with Crippen molar-refractivity contribution >= 4 is 11.6 Å². The maximum atomic E-state index is 11.9. The van der Waals surface area contributed by atoms with E-state index in [-0.39, 0.29) is 5.69 Å². The molecule has 0 saturated heterocycles. The van der Waals surface area contributed by atoms with E-state index in [4.69, 9.17) is 5.26 Å². The molecular weight excluding hydrogens is 230 g/mol.